The van der Waals surface area contributed by atoms with Gasteiger partial charge in [0.2, 0.25) is 0 Å². The van der Waals surface area contributed by atoms with Crippen molar-refractivity contribution >= 4 is 28.8 Å². The van der Waals surface area contributed by atoms with Crippen LogP contribution in [0.25, 0.3) is 10.9 Å². The monoisotopic (exact) mass is 222 g/mol. The molecule has 0 N–H and O–H groups in total. The third-order valence-corrected chi connectivity index (χ3v) is 2.30. The second kappa shape index (κ2) is 4.35. The molecule has 0 saturated carbocycles. The number of hydrogen-bond acceptors (Lipinski definition) is 4. The zero-order valence-corrected chi connectivity index (χ0v) is 9.03. The molecular formula is C10H10N2O2S. The minimum Gasteiger partial charge on any atom is -0.437 e. The molecule has 78 valence electrons. The summed E-state index contributed by atoms with van der Waals surface area (Å²) in [4.78, 5) is 11.5. The lowest BCUT2D eigenvalue weighted by molar-refractivity contribution is 0.165. The number of benzene rings is 1. The Bertz CT molecular complexity index is 481. The van der Waals surface area contributed by atoms with Crippen LogP contribution in [0.1, 0.15) is 0 Å². The van der Waals surface area contributed by atoms with Gasteiger partial charge < -0.3 is 4.74 Å². The van der Waals surface area contributed by atoms with Crippen LogP contribution in [0.4, 0.5) is 4.79 Å². The summed E-state index contributed by atoms with van der Waals surface area (Å²) in [6.07, 6.45) is 3.08. The summed E-state index contributed by atoms with van der Waals surface area (Å²) < 4.78 is 6.24. The van der Waals surface area contributed by atoms with Crippen molar-refractivity contribution in [2.45, 2.75) is 0 Å². The smallest absolute Gasteiger partial charge is 0.436 e. The van der Waals surface area contributed by atoms with Crippen LogP contribution in [-0.4, -0.2) is 28.1 Å². The molecule has 5 heteroatoms. The predicted octanol–water partition coefficient (Wildman–Crippen LogP) is 2.34. The maximum atomic E-state index is 11.5. The van der Waals surface area contributed by atoms with Crippen molar-refractivity contribution < 1.29 is 9.53 Å². The first-order chi connectivity index (χ1) is 7.33. The SMILES string of the molecule is CSCOC(=O)n1ncc2ccccc21. The van der Waals surface area contributed by atoms with Gasteiger partial charge in [-0.15, -0.1) is 11.8 Å². The molecule has 1 aromatic carbocycles. The van der Waals surface area contributed by atoms with Crippen molar-refractivity contribution in [1.29, 1.82) is 0 Å². The van der Waals surface area contributed by atoms with Crippen molar-refractivity contribution in [3.8, 4) is 0 Å². The fourth-order valence-corrected chi connectivity index (χ4v) is 1.51. The Kier molecular flexibility index (Phi) is 2.91. The fraction of sp³-hybridized carbons (Fsp3) is 0.200. The number of nitrogens with zero attached hydrogens (tertiary/aromatic N) is 2. The molecule has 0 atom stereocenters. The summed E-state index contributed by atoms with van der Waals surface area (Å²) in [5.41, 5.74) is 0.767. The first-order valence-electron chi connectivity index (χ1n) is 4.42. The minimum atomic E-state index is -0.439. The predicted molar refractivity (Wildman–Crippen MR) is 60.0 cm³/mol. The Hall–Kier alpha value is -1.49. The molecule has 4 nitrogen and oxygen atoms in total. The Morgan fingerprint density at radius 2 is 2.33 bits per heavy atom. The normalized spacial score (nSPS) is 10.5. The van der Waals surface area contributed by atoms with E-state index in [9.17, 15) is 4.79 Å². The molecular weight excluding hydrogens is 212 g/mol. The summed E-state index contributed by atoms with van der Waals surface area (Å²) in [5, 5.41) is 4.91. The molecule has 2 rings (SSSR count). The molecule has 0 amide bonds. The zero-order valence-electron chi connectivity index (χ0n) is 8.21. The number of carbonyl (C=O) groups excluding carboxylic acids is 1. The highest BCUT2D eigenvalue weighted by atomic mass is 32.2. The molecule has 15 heavy (non-hydrogen) atoms. The van der Waals surface area contributed by atoms with E-state index in [-0.39, 0.29) is 0 Å². The standard InChI is InChI=1S/C10H10N2O2S/c1-15-7-14-10(13)12-9-5-3-2-4-8(9)6-11-12/h2-6H,7H2,1H3. The molecule has 1 aromatic heterocycles. The van der Waals surface area contributed by atoms with Gasteiger partial charge in [-0.05, 0) is 12.3 Å². The highest BCUT2D eigenvalue weighted by Gasteiger charge is 2.10. The Morgan fingerprint density at radius 1 is 1.53 bits per heavy atom. The topological polar surface area (TPSA) is 44.1 Å². The largest absolute Gasteiger partial charge is 0.437 e. The van der Waals surface area contributed by atoms with Gasteiger partial charge in [0.1, 0.15) is 5.94 Å². The number of hydrogen-bond donors (Lipinski definition) is 0. The number of para-hydroxylation sites is 1. The van der Waals surface area contributed by atoms with Crippen LogP contribution in [-0.2, 0) is 4.74 Å². The van der Waals surface area contributed by atoms with Crippen LogP contribution >= 0.6 is 11.8 Å². The van der Waals surface area contributed by atoms with E-state index in [1.165, 1.54) is 16.4 Å². The molecule has 0 radical (unpaired) electrons. The minimum absolute atomic E-state index is 0.340. The molecule has 0 aliphatic rings. The third-order valence-electron chi connectivity index (χ3n) is 1.95. The van der Waals surface area contributed by atoms with Gasteiger partial charge in [-0.2, -0.15) is 9.78 Å². The lowest BCUT2D eigenvalue weighted by Crippen LogP contribution is -2.14. The van der Waals surface area contributed by atoms with E-state index in [1.807, 2.05) is 30.5 Å². The molecule has 0 spiro atoms. The summed E-state index contributed by atoms with van der Waals surface area (Å²) in [5.74, 6) is 0.340. The van der Waals surface area contributed by atoms with E-state index < -0.39 is 6.09 Å². The Morgan fingerprint density at radius 3 is 3.13 bits per heavy atom. The van der Waals surface area contributed by atoms with E-state index in [0.29, 0.717) is 5.94 Å². The van der Waals surface area contributed by atoms with E-state index >= 15 is 0 Å². The third kappa shape index (κ3) is 1.97. The highest BCUT2D eigenvalue weighted by molar-refractivity contribution is 7.98. The van der Waals surface area contributed by atoms with Crippen molar-refractivity contribution in [2.24, 2.45) is 0 Å². The second-order valence-electron chi connectivity index (χ2n) is 2.93. The quantitative estimate of drug-likeness (QED) is 0.731. The maximum Gasteiger partial charge on any atom is 0.436 e. The number of rotatable bonds is 2. The first-order valence-corrected chi connectivity index (χ1v) is 5.81. The summed E-state index contributed by atoms with van der Waals surface area (Å²) >= 11 is 1.45. The molecule has 0 fully saturated rings. The average molecular weight is 222 g/mol. The maximum absolute atomic E-state index is 11.5. The first kappa shape index (κ1) is 10.0. The number of ether oxygens (including phenoxy) is 1. The van der Waals surface area contributed by atoms with Crippen LogP contribution in [0, 0.1) is 0 Å². The van der Waals surface area contributed by atoms with E-state index in [0.717, 1.165) is 10.9 Å². The molecule has 2 aromatic rings. The van der Waals surface area contributed by atoms with Gasteiger partial charge in [-0.1, -0.05) is 18.2 Å². The van der Waals surface area contributed by atoms with Gasteiger partial charge in [-0.3, -0.25) is 0 Å². The van der Waals surface area contributed by atoms with E-state index in [2.05, 4.69) is 5.10 Å². The fourth-order valence-electron chi connectivity index (χ4n) is 1.29. The molecule has 1 heterocycles. The molecule has 0 saturated heterocycles. The number of carbonyl (C=O) groups is 1. The lowest BCUT2D eigenvalue weighted by atomic mass is 10.3. The summed E-state index contributed by atoms with van der Waals surface area (Å²) in [6, 6.07) is 7.51. The number of aromatic nitrogens is 2. The number of thioether (sulfide) groups is 1. The van der Waals surface area contributed by atoms with Gasteiger partial charge in [-0.25, -0.2) is 4.79 Å². The molecule has 0 aliphatic heterocycles. The summed E-state index contributed by atoms with van der Waals surface area (Å²) in [7, 11) is 0. The van der Waals surface area contributed by atoms with Crippen molar-refractivity contribution in [1.82, 2.24) is 9.78 Å². The number of fused-ring (bicyclic) bond motifs is 1. The molecule has 0 aliphatic carbocycles. The van der Waals surface area contributed by atoms with Crippen LogP contribution in [0.2, 0.25) is 0 Å². The van der Waals surface area contributed by atoms with E-state index in [1.54, 1.807) is 6.20 Å². The zero-order chi connectivity index (χ0) is 10.7. The lowest BCUT2D eigenvalue weighted by Gasteiger charge is -2.02. The van der Waals surface area contributed by atoms with Gasteiger partial charge in [0.05, 0.1) is 11.7 Å². The van der Waals surface area contributed by atoms with Crippen molar-refractivity contribution in [3.05, 3.63) is 30.5 Å². The van der Waals surface area contributed by atoms with E-state index in [4.69, 9.17) is 4.74 Å². The van der Waals surface area contributed by atoms with Crippen LogP contribution in [0.15, 0.2) is 30.5 Å². The Labute approximate surface area is 91.2 Å². The van der Waals surface area contributed by atoms with Crippen molar-refractivity contribution in [3.63, 3.8) is 0 Å². The van der Waals surface area contributed by atoms with Gasteiger partial charge in [0.25, 0.3) is 0 Å². The second-order valence-corrected chi connectivity index (χ2v) is 3.75. The summed E-state index contributed by atoms with van der Waals surface area (Å²) in [6.45, 7) is 0. The van der Waals surface area contributed by atoms with Gasteiger partial charge in [0, 0.05) is 5.39 Å². The molecule has 0 bridgehead atoms. The van der Waals surface area contributed by atoms with Crippen molar-refractivity contribution in [2.75, 3.05) is 12.2 Å². The molecule has 0 unspecified atom stereocenters. The van der Waals surface area contributed by atoms with Gasteiger partial charge in [0.15, 0.2) is 0 Å². The van der Waals surface area contributed by atoms with Crippen LogP contribution in [0.5, 0.6) is 0 Å². The highest BCUT2D eigenvalue weighted by Crippen LogP contribution is 2.12. The Balaban J connectivity index is 2.31. The van der Waals surface area contributed by atoms with Gasteiger partial charge >= 0.3 is 6.09 Å². The van der Waals surface area contributed by atoms with Crippen LogP contribution in [0.3, 0.4) is 0 Å². The van der Waals surface area contributed by atoms with Crippen LogP contribution < -0.4 is 0 Å². The average Bonchev–Trinajstić information content (AvgIpc) is 2.69.